The molecule has 0 aliphatic heterocycles. The molecule has 0 spiro atoms. The minimum absolute atomic E-state index is 0. The SMILES string of the molecule is C=C(C)C(=O)O[N+](C)(C)C(CC)CCCCCCCCCCCCCCC.[Br-]. The monoisotopic (exact) mass is 461 g/mol. The second-order valence-electron chi connectivity index (χ2n) is 8.69. The van der Waals surface area contributed by atoms with Crippen LogP contribution in [0.3, 0.4) is 0 Å². The summed E-state index contributed by atoms with van der Waals surface area (Å²) in [5.74, 6) is -0.288. The largest absolute Gasteiger partial charge is 1.00 e. The molecule has 1 atom stereocenters. The summed E-state index contributed by atoms with van der Waals surface area (Å²) < 4.78 is 0.306. The van der Waals surface area contributed by atoms with Crippen molar-refractivity contribution in [3.05, 3.63) is 12.2 Å². The fourth-order valence-corrected chi connectivity index (χ4v) is 3.72. The molecule has 3 nitrogen and oxygen atoms in total. The molecule has 0 aliphatic rings. The lowest BCUT2D eigenvalue weighted by Gasteiger charge is -2.33. The number of rotatable bonds is 18. The molecular formula is C24H48BrNO2. The van der Waals surface area contributed by atoms with Gasteiger partial charge in [-0.3, -0.25) is 4.84 Å². The Morgan fingerprint density at radius 2 is 1.21 bits per heavy atom. The van der Waals surface area contributed by atoms with Gasteiger partial charge < -0.3 is 17.0 Å². The molecule has 28 heavy (non-hydrogen) atoms. The predicted octanol–water partition coefficient (Wildman–Crippen LogP) is 4.36. The molecule has 0 aliphatic carbocycles. The van der Waals surface area contributed by atoms with Gasteiger partial charge in [0.15, 0.2) is 0 Å². The number of quaternary nitrogens is 1. The van der Waals surface area contributed by atoms with Gasteiger partial charge in [-0.05, 0) is 13.3 Å². The van der Waals surface area contributed by atoms with Crippen LogP contribution in [0.2, 0.25) is 0 Å². The third kappa shape index (κ3) is 15.6. The van der Waals surface area contributed by atoms with Crippen molar-refractivity contribution >= 4 is 5.97 Å². The summed E-state index contributed by atoms with van der Waals surface area (Å²) in [6.07, 6.45) is 20.1. The first kappa shape index (κ1) is 29.8. The smallest absolute Gasteiger partial charge is 0.392 e. The van der Waals surface area contributed by atoms with E-state index in [1.54, 1.807) is 6.92 Å². The summed E-state index contributed by atoms with van der Waals surface area (Å²) in [5, 5.41) is 0. The van der Waals surface area contributed by atoms with Gasteiger partial charge in [-0.15, -0.1) is 4.65 Å². The first-order chi connectivity index (χ1) is 12.8. The van der Waals surface area contributed by atoms with Gasteiger partial charge in [0.2, 0.25) is 0 Å². The second kappa shape index (κ2) is 18.7. The molecule has 0 heterocycles. The number of unbranched alkanes of at least 4 members (excludes halogenated alkanes) is 12. The van der Waals surface area contributed by atoms with Crippen LogP contribution >= 0.6 is 0 Å². The highest BCUT2D eigenvalue weighted by atomic mass is 79.9. The topological polar surface area (TPSA) is 26.3 Å². The first-order valence-corrected chi connectivity index (χ1v) is 11.6. The number of nitrogens with zero attached hydrogens (tertiary/aromatic N) is 1. The Balaban J connectivity index is 0. The van der Waals surface area contributed by atoms with Gasteiger partial charge in [0.25, 0.3) is 0 Å². The zero-order chi connectivity index (χ0) is 20.5. The minimum atomic E-state index is -0.288. The van der Waals surface area contributed by atoms with E-state index in [0.29, 0.717) is 16.3 Å². The number of hydrogen-bond donors (Lipinski definition) is 0. The Morgan fingerprint density at radius 1 is 0.821 bits per heavy atom. The molecule has 0 N–H and O–H groups in total. The quantitative estimate of drug-likeness (QED) is 0.131. The van der Waals surface area contributed by atoms with E-state index in [0.717, 1.165) is 12.8 Å². The zero-order valence-electron chi connectivity index (χ0n) is 19.5. The van der Waals surface area contributed by atoms with Crippen molar-refractivity contribution in [3.63, 3.8) is 0 Å². The van der Waals surface area contributed by atoms with Crippen LogP contribution in [0.4, 0.5) is 0 Å². The summed E-state index contributed by atoms with van der Waals surface area (Å²) in [6.45, 7) is 9.84. The van der Waals surface area contributed by atoms with Gasteiger partial charge in [-0.25, -0.2) is 4.79 Å². The summed E-state index contributed by atoms with van der Waals surface area (Å²) in [4.78, 5) is 17.4. The number of hydrogen-bond acceptors (Lipinski definition) is 2. The van der Waals surface area contributed by atoms with E-state index < -0.39 is 0 Å². The molecule has 0 aromatic rings. The normalized spacial score (nSPS) is 12.3. The Bertz CT molecular complexity index is 396. The molecule has 1 unspecified atom stereocenters. The molecule has 0 fully saturated rings. The van der Waals surface area contributed by atoms with Crippen molar-refractivity contribution in [1.29, 1.82) is 0 Å². The molecule has 0 saturated heterocycles. The van der Waals surface area contributed by atoms with E-state index in [4.69, 9.17) is 4.84 Å². The maximum atomic E-state index is 11.8. The van der Waals surface area contributed by atoms with Gasteiger partial charge in [0.1, 0.15) is 20.1 Å². The number of carbonyl (C=O) groups is 1. The van der Waals surface area contributed by atoms with Crippen LogP contribution < -0.4 is 17.0 Å². The number of hydroxylamine groups is 3. The molecule has 168 valence electrons. The lowest BCUT2D eigenvalue weighted by atomic mass is 10.0. The summed E-state index contributed by atoms with van der Waals surface area (Å²) in [6, 6.07) is 0.362. The Kier molecular flexibility index (Phi) is 19.9. The molecular weight excluding hydrogens is 414 g/mol. The average Bonchev–Trinajstić information content (AvgIpc) is 2.61. The molecule has 0 aromatic heterocycles. The third-order valence-electron chi connectivity index (χ3n) is 5.66. The first-order valence-electron chi connectivity index (χ1n) is 11.6. The molecule has 0 aromatic carbocycles. The van der Waals surface area contributed by atoms with Crippen molar-refractivity contribution in [1.82, 2.24) is 0 Å². The fourth-order valence-electron chi connectivity index (χ4n) is 3.72. The Morgan fingerprint density at radius 3 is 1.57 bits per heavy atom. The number of halogens is 1. The van der Waals surface area contributed by atoms with E-state index in [9.17, 15) is 4.79 Å². The summed E-state index contributed by atoms with van der Waals surface area (Å²) >= 11 is 0. The van der Waals surface area contributed by atoms with E-state index in [1.807, 2.05) is 14.1 Å². The van der Waals surface area contributed by atoms with Crippen LogP contribution in [0.25, 0.3) is 0 Å². The minimum Gasteiger partial charge on any atom is -1.00 e. The number of carbonyl (C=O) groups excluding carboxylic acids is 1. The van der Waals surface area contributed by atoms with E-state index in [-0.39, 0.29) is 23.0 Å². The van der Waals surface area contributed by atoms with Crippen LogP contribution in [0.15, 0.2) is 12.2 Å². The Hall–Kier alpha value is -0.350. The van der Waals surface area contributed by atoms with Gasteiger partial charge >= 0.3 is 5.97 Å². The highest BCUT2D eigenvalue weighted by molar-refractivity contribution is 5.86. The van der Waals surface area contributed by atoms with Crippen molar-refractivity contribution in [2.75, 3.05) is 14.1 Å². The van der Waals surface area contributed by atoms with Gasteiger partial charge in [0.05, 0.1) is 0 Å². The molecule has 0 radical (unpaired) electrons. The van der Waals surface area contributed by atoms with Crippen molar-refractivity contribution in [3.8, 4) is 0 Å². The highest BCUT2D eigenvalue weighted by Crippen LogP contribution is 2.20. The van der Waals surface area contributed by atoms with Crippen molar-refractivity contribution in [2.24, 2.45) is 0 Å². The summed E-state index contributed by atoms with van der Waals surface area (Å²) in [5.41, 5.74) is 0.469. The lowest BCUT2D eigenvalue weighted by Crippen LogP contribution is -3.00. The van der Waals surface area contributed by atoms with Crippen LogP contribution in [-0.4, -0.2) is 30.8 Å². The maximum absolute atomic E-state index is 11.8. The van der Waals surface area contributed by atoms with E-state index >= 15 is 0 Å². The zero-order valence-corrected chi connectivity index (χ0v) is 21.1. The molecule has 0 saturated carbocycles. The second-order valence-corrected chi connectivity index (χ2v) is 8.69. The van der Waals surface area contributed by atoms with E-state index in [1.165, 1.54) is 83.5 Å². The Labute approximate surface area is 186 Å². The van der Waals surface area contributed by atoms with Crippen molar-refractivity contribution in [2.45, 2.75) is 123 Å². The molecule has 0 bridgehead atoms. The summed E-state index contributed by atoms with van der Waals surface area (Å²) in [7, 11) is 3.97. The average molecular weight is 463 g/mol. The molecule has 4 heteroatoms. The predicted molar refractivity (Wildman–Crippen MR) is 117 cm³/mol. The van der Waals surface area contributed by atoms with Gasteiger partial charge in [-0.1, -0.05) is 97.5 Å². The van der Waals surface area contributed by atoms with Crippen LogP contribution in [0.1, 0.15) is 117 Å². The van der Waals surface area contributed by atoms with E-state index in [2.05, 4.69) is 20.4 Å². The van der Waals surface area contributed by atoms with Crippen LogP contribution in [-0.2, 0) is 9.63 Å². The maximum Gasteiger partial charge on any atom is 0.392 e. The standard InChI is InChI=1S/C24H48NO2.BrH/c1-7-9-10-11-12-13-14-15-16-17-18-19-20-21-23(8-2)25(5,6)27-24(26)22(3)4;/h23H,3,7-21H2,1-2,4-6H3;1H/q+1;/p-1. The molecule has 0 amide bonds. The van der Waals surface area contributed by atoms with Crippen LogP contribution in [0.5, 0.6) is 0 Å². The third-order valence-corrected chi connectivity index (χ3v) is 5.66. The molecule has 0 rings (SSSR count). The van der Waals surface area contributed by atoms with Gasteiger partial charge in [-0.2, -0.15) is 0 Å². The van der Waals surface area contributed by atoms with Crippen molar-refractivity contribution < 1.29 is 31.3 Å². The highest BCUT2D eigenvalue weighted by Gasteiger charge is 2.31. The van der Waals surface area contributed by atoms with Crippen LogP contribution in [0, 0.1) is 0 Å². The van der Waals surface area contributed by atoms with Gasteiger partial charge in [0, 0.05) is 18.4 Å². The fraction of sp³-hybridized carbons (Fsp3) is 0.875. The lowest BCUT2D eigenvalue weighted by molar-refractivity contribution is -1.08.